The minimum Gasteiger partial charge on any atom is -0.309 e. The van der Waals surface area contributed by atoms with Crippen molar-refractivity contribution < 1.29 is 0 Å². The summed E-state index contributed by atoms with van der Waals surface area (Å²) in [5, 5.41) is 13.2. The van der Waals surface area contributed by atoms with E-state index in [0.717, 1.165) is 5.69 Å². The Morgan fingerprint density at radius 3 is 1.45 bits per heavy atom. The highest BCUT2D eigenvalue weighted by Gasteiger charge is 2.41. The molecule has 0 amide bonds. The molecule has 0 bridgehead atoms. The smallest absolute Gasteiger partial charge is 0.179 e. The van der Waals surface area contributed by atoms with Crippen molar-refractivity contribution in [1.82, 2.24) is 9.13 Å². The third kappa shape index (κ3) is 4.76. The molecule has 0 aliphatic carbocycles. The Morgan fingerprint density at radius 2 is 0.793 bits per heavy atom. The third-order valence-corrected chi connectivity index (χ3v) is 18.2. The highest BCUT2D eigenvalue weighted by Crippen LogP contribution is 2.43. The summed E-state index contributed by atoms with van der Waals surface area (Å²) in [5.74, 6) is 0. The maximum atomic E-state index is 2.47. The van der Waals surface area contributed by atoms with Crippen LogP contribution in [0.1, 0.15) is 0 Å². The molecule has 12 rings (SSSR count). The highest BCUT2D eigenvalue weighted by atomic mass is 32.1. The summed E-state index contributed by atoms with van der Waals surface area (Å²) >= 11 is 1.88. The Morgan fingerprint density at radius 1 is 0.293 bits per heavy atom. The summed E-state index contributed by atoms with van der Waals surface area (Å²) in [5.41, 5.74) is 7.23. The predicted molar refractivity (Wildman–Crippen MR) is 252 cm³/mol. The highest BCUT2D eigenvalue weighted by molar-refractivity contribution is 7.26. The van der Waals surface area contributed by atoms with Crippen LogP contribution >= 0.6 is 11.3 Å². The zero-order valence-corrected chi connectivity index (χ0v) is 33.4. The van der Waals surface area contributed by atoms with Gasteiger partial charge < -0.3 is 9.13 Å². The summed E-state index contributed by atoms with van der Waals surface area (Å²) in [6.45, 7) is 0. The summed E-state index contributed by atoms with van der Waals surface area (Å²) < 4.78 is 7.58. The fourth-order valence-corrected chi connectivity index (χ4v) is 15.7. The molecule has 0 atom stereocenters. The number of hydrogen-bond acceptors (Lipinski definition) is 1. The topological polar surface area (TPSA) is 9.86 Å². The van der Waals surface area contributed by atoms with Gasteiger partial charge in [0.1, 0.15) is 0 Å². The second-order valence-corrected chi connectivity index (χ2v) is 20.1. The molecule has 0 fully saturated rings. The summed E-state index contributed by atoms with van der Waals surface area (Å²) in [6.07, 6.45) is 0. The quantitative estimate of drug-likeness (QED) is 0.118. The molecular weight excluding hydrogens is 737 g/mol. The van der Waals surface area contributed by atoms with Crippen LogP contribution in [-0.4, -0.2) is 17.2 Å². The standard InChI is InChI=1S/C54H36N2SSi/c1-3-17-39(18-4-1)58(40-19-5-2-6-20-40,42-21-15-16-38(36-42)56-47-26-11-7-22-43(47)44-23-8-12-27-48(44)56)41-32-30-37(31-33-41)55-49-28-13-9-24-45(49)53-50(55)34-35-52-54(53)46-25-10-14-29-51(46)57-52/h1-36H. The van der Waals surface area contributed by atoms with Crippen LogP contribution in [0.5, 0.6) is 0 Å². The van der Waals surface area contributed by atoms with Gasteiger partial charge in [0.25, 0.3) is 0 Å². The van der Waals surface area contributed by atoms with Crippen molar-refractivity contribution in [1.29, 1.82) is 0 Å². The van der Waals surface area contributed by atoms with E-state index < -0.39 is 8.07 Å². The zero-order valence-electron chi connectivity index (χ0n) is 31.6. The normalized spacial score (nSPS) is 12.1. The lowest BCUT2D eigenvalue weighted by molar-refractivity contribution is 1.18. The zero-order chi connectivity index (χ0) is 38.2. The van der Waals surface area contributed by atoms with Crippen molar-refractivity contribution in [3.05, 3.63) is 218 Å². The van der Waals surface area contributed by atoms with Gasteiger partial charge in [-0.1, -0.05) is 158 Å². The average Bonchev–Trinajstić information content (AvgIpc) is 3.96. The van der Waals surface area contributed by atoms with Crippen molar-refractivity contribution >= 4 is 104 Å². The van der Waals surface area contributed by atoms with Crippen LogP contribution < -0.4 is 20.7 Å². The number of nitrogens with zero attached hydrogens (tertiary/aromatic N) is 2. The molecule has 0 aliphatic rings. The summed E-state index contributed by atoms with van der Waals surface area (Å²) in [4.78, 5) is 0. The SMILES string of the molecule is c1ccc([Si](c2ccccc2)(c2ccc(-n3c4ccccc4c4c5c(ccc43)sc3ccccc35)cc2)c2cccc(-n3c4ccccc4c4ccccc43)c2)cc1. The van der Waals surface area contributed by atoms with Crippen molar-refractivity contribution in [2.24, 2.45) is 0 Å². The molecule has 2 nitrogen and oxygen atoms in total. The average molecular weight is 773 g/mol. The molecule has 0 spiro atoms. The second kappa shape index (κ2) is 13.0. The molecule has 272 valence electrons. The fourth-order valence-electron chi connectivity index (χ4n) is 9.87. The Kier molecular flexibility index (Phi) is 7.46. The van der Waals surface area contributed by atoms with Crippen LogP contribution in [-0.2, 0) is 0 Å². The van der Waals surface area contributed by atoms with Crippen molar-refractivity contribution in [2.75, 3.05) is 0 Å². The van der Waals surface area contributed by atoms with E-state index in [4.69, 9.17) is 0 Å². The van der Waals surface area contributed by atoms with Gasteiger partial charge in [-0.3, -0.25) is 0 Å². The molecule has 3 heterocycles. The molecule has 0 saturated heterocycles. The number of benzene rings is 9. The first kappa shape index (κ1) is 33.2. The van der Waals surface area contributed by atoms with Gasteiger partial charge in [-0.15, -0.1) is 11.3 Å². The van der Waals surface area contributed by atoms with Gasteiger partial charge in [0.15, 0.2) is 8.07 Å². The lowest BCUT2D eigenvalue weighted by Gasteiger charge is -2.35. The molecule has 0 aliphatic heterocycles. The van der Waals surface area contributed by atoms with Crippen LogP contribution in [0.4, 0.5) is 0 Å². The van der Waals surface area contributed by atoms with Crippen LogP contribution in [0.2, 0.25) is 0 Å². The van der Waals surface area contributed by atoms with E-state index in [1.165, 1.54) is 90.2 Å². The fraction of sp³-hybridized carbons (Fsp3) is 0. The third-order valence-electron chi connectivity index (χ3n) is 12.3. The molecule has 0 radical (unpaired) electrons. The maximum absolute atomic E-state index is 2.87. The number of fused-ring (bicyclic) bond motifs is 10. The van der Waals surface area contributed by atoms with Gasteiger partial charge in [0.2, 0.25) is 0 Å². The van der Waals surface area contributed by atoms with Crippen LogP contribution in [0.15, 0.2) is 218 Å². The van der Waals surface area contributed by atoms with E-state index in [2.05, 4.69) is 228 Å². The van der Waals surface area contributed by atoms with E-state index in [0.29, 0.717) is 0 Å². The lowest BCUT2D eigenvalue weighted by atomic mass is 10.1. The molecule has 0 saturated carbocycles. The van der Waals surface area contributed by atoms with E-state index in [9.17, 15) is 0 Å². The summed E-state index contributed by atoms with van der Waals surface area (Å²) in [7, 11) is -2.87. The van der Waals surface area contributed by atoms with Crippen molar-refractivity contribution in [3.63, 3.8) is 0 Å². The van der Waals surface area contributed by atoms with E-state index in [1.54, 1.807) is 0 Å². The number of aromatic nitrogens is 2. The number of para-hydroxylation sites is 3. The Balaban J connectivity index is 1.11. The minimum absolute atomic E-state index is 1.16. The largest absolute Gasteiger partial charge is 0.309 e. The molecular formula is C54H36N2SSi. The van der Waals surface area contributed by atoms with E-state index in [-0.39, 0.29) is 0 Å². The number of rotatable bonds is 6. The molecule has 0 N–H and O–H groups in total. The monoisotopic (exact) mass is 772 g/mol. The Bertz CT molecular complexity index is 3410. The van der Waals surface area contributed by atoms with E-state index in [1.807, 2.05) is 11.3 Å². The first-order valence-corrected chi connectivity index (χ1v) is 22.8. The van der Waals surface area contributed by atoms with Gasteiger partial charge in [-0.05, 0) is 81.4 Å². The Hall–Kier alpha value is -6.98. The van der Waals surface area contributed by atoms with Gasteiger partial charge in [0, 0.05) is 53.1 Å². The molecule has 9 aromatic carbocycles. The second-order valence-electron chi connectivity index (χ2n) is 15.2. The molecule has 12 aromatic rings. The molecule has 58 heavy (non-hydrogen) atoms. The van der Waals surface area contributed by atoms with Crippen LogP contribution in [0.3, 0.4) is 0 Å². The van der Waals surface area contributed by atoms with Gasteiger partial charge >= 0.3 is 0 Å². The van der Waals surface area contributed by atoms with Gasteiger partial charge in [-0.25, -0.2) is 0 Å². The predicted octanol–water partition coefficient (Wildman–Crippen LogP) is 11.6. The van der Waals surface area contributed by atoms with Crippen LogP contribution in [0, 0.1) is 0 Å². The summed E-state index contributed by atoms with van der Waals surface area (Å²) in [6, 6.07) is 81.5. The maximum Gasteiger partial charge on any atom is 0.179 e. The minimum atomic E-state index is -2.87. The first-order valence-electron chi connectivity index (χ1n) is 19.9. The lowest BCUT2D eigenvalue weighted by Crippen LogP contribution is -2.74. The van der Waals surface area contributed by atoms with Gasteiger partial charge in [0.05, 0.1) is 22.1 Å². The van der Waals surface area contributed by atoms with Gasteiger partial charge in [-0.2, -0.15) is 0 Å². The molecule has 4 heteroatoms. The van der Waals surface area contributed by atoms with Crippen molar-refractivity contribution in [3.8, 4) is 11.4 Å². The number of hydrogen-bond donors (Lipinski definition) is 0. The molecule has 0 unspecified atom stereocenters. The molecule has 3 aromatic heterocycles. The Labute approximate surface area is 341 Å². The van der Waals surface area contributed by atoms with E-state index >= 15 is 0 Å². The first-order chi connectivity index (χ1) is 28.8. The van der Waals surface area contributed by atoms with Crippen LogP contribution in [0.25, 0.3) is 75.2 Å². The number of thiophene rings is 1. The van der Waals surface area contributed by atoms with Crippen molar-refractivity contribution in [2.45, 2.75) is 0 Å².